The molecule has 0 spiro atoms. The smallest absolute Gasteiger partial charge is 0.239 e. The van der Waals surface area contributed by atoms with Crippen molar-refractivity contribution >= 4 is 11.8 Å². The minimum Gasteiger partial charge on any atom is -0.355 e. The fourth-order valence-electron chi connectivity index (χ4n) is 1.53. The topological polar surface area (TPSA) is 97.1 Å². The molecule has 0 saturated carbocycles. The number of carbonyl (C=O) groups excluding carboxylic acids is 2. The van der Waals surface area contributed by atoms with Gasteiger partial charge in [-0.15, -0.1) is 0 Å². The SMILES string of the molecule is CCNC(=O)CNC(=O)CCCc1nc(C(C)C)no1. The van der Waals surface area contributed by atoms with E-state index in [0.29, 0.717) is 37.5 Å². The molecular weight excluding hydrogens is 260 g/mol. The predicted molar refractivity (Wildman–Crippen MR) is 73.0 cm³/mol. The van der Waals surface area contributed by atoms with Crippen LogP contribution in [0, 0.1) is 0 Å². The molecule has 0 aliphatic rings. The number of hydrogen-bond donors (Lipinski definition) is 2. The molecule has 1 heterocycles. The van der Waals surface area contributed by atoms with Crippen molar-refractivity contribution in [3.8, 4) is 0 Å². The lowest BCUT2D eigenvalue weighted by atomic mass is 10.2. The predicted octanol–water partition coefficient (Wildman–Crippen LogP) is 0.768. The van der Waals surface area contributed by atoms with E-state index in [2.05, 4.69) is 20.8 Å². The zero-order valence-corrected chi connectivity index (χ0v) is 12.2. The van der Waals surface area contributed by atoms with Crippen molar-refractivity contribution in [3.63, 3.8) is 0 Å². The molecule has 7 nitrogen and oxygen atoms in total. The Morgan fingerprint density at radius 3 is 2.60 bits per heavy atom. The third-order valence-electron chi connectivity index (χ3n) is 2.61. The Morgan fingerprint density at radius 2 is 2.00 bits per heavy atom. The zero-order chi connectivity index (χ0) is 15.0. The van der Waals surface area contributed by atoms with Gasteiger partial charge < -0.3 is 15.2 Å². The molecule has 0 radical (unpaired) electrons. The summed E-state index contributed by atoms with van der Waals surface area (Å²) in [6, 6.07) is 0. The number of amides is 2. The normalized spacial score (nSPS) is 10.6. The van der Waals surface area contributed by atoms with Crippen molar-refractivity contribution in [1.82, 2.24) is 20.8 Å². The van der Waals surface area contributed by atoms with Gasteiger partial charge in [0.25, 0.3) is 0 Å². The van der Waals surface area contributed by atoms with Crippen LogP contribution in [-0.2, 0) is 16.0 Å². The first-order valence-electron chi connectivity index (χ1n) is 6.88. The molecule has 112 valence electrons. The third-order valence-corrected chi connectivity index (χ3v) is 2.61. The maximum Gasteiger partial charge on any atom is 0.239 e. The highest BCUT2D eigenvalue weighted by Crippen LogP contribution is 2.11. The number of nitrogens with zero attached hydrogens (tertiary/aromatic N) is 2. The van der Waals surface area contributed by atoms with Crippen LogP contribution in [0.3, 0.4) is 0 Å². The van der Waals surface area contributed by atoms with E-state index in [1.807, 2.05) is 20.8 Å². The van der Waals surface area contributed by atoms with E-state index in [1.54, 1.807) is 0 Å². The molecule has 2 amide bonds. The van der Waals surface area contributed by atoms with E-state index in [-0.39, 0.29) is 24.3 Å². The molecule has 20 heavy (non-hydrogen) atoms. The van der Waals surface area contributed by atoms with Crippen LogP contribution in [0.15, 0.2) is 4.52 Å². The molecule has 1 rings (SSSR count). The second-order valence-electron chi connectivity index (χ2n) is 4.78. The number of rotatable bonds is 8. The molecule has 0 aliphatic heterocycles. The molecule has 0 unspecified atom stereocenters. The minimum absolute atomic E-state index is 0.0186. The van der Waals surface area contributed by atoms with Gasteiger partial charge in [0.15, 0.2) is 5.82 Å². The maximum absolute atomic E-state index is 11.5. The summed E-state index contributed by atoms with van der Waals surface area (Å²) < 4.78 is 5.08. The molecule has 0 atom stereocenters. The van der Waals surface area contributed by atoms with E-state index in [0.717, 1.165) is 0 Å². The van der Waals surface area contributed by atoms with Gasteiger partial charge in [-0.3, -0.25) is 9.59 Å². The monoisotopic (exact) mass is 282 g/mol. The summed E-state index contributed by atoms with van der Waals surface area (Å²) in [7, 11) is 0. The van der Waals surface area contributed by atoms with Gasteiger partial charge in [-0.25, -0.2) is 0 Å². The van der Waals surface area contributed by atoms with Crippen molar-refractivity contribution in [2.45, 2.75) is 46.0 Å². The highest BCUT2D eigenvalue weighted by Gasteiger charge is 2.10. The Kier molecular flexibility index (Phi) is 6.69. The van der Waals surface area contributed by atoms with Gasteiger partial charge in [-0.1, -0.05) is 19.0 Å². The van der Waals surface area contributed by atoms with Crippen LogP contribution < -0.4 is 10.6 Å². The summed E-state index contributed by atoms with van der Waals surface area (Å²) >= 11 is 0. The Morgan fingerprint density at radius 1 is 1.25 bits per heavy atom. The number of aromatic nitrogens is 2. The van der Waals surface area contributed by atoms with Crippen LogP contribution in [0.25, 0.3) is 0 Å². The van der Waals surface area contributed by atoms with Crippen molar-refractivity contribution in [2.24, 2.45) is 0 Å². The molecule has 0 bridgehead atoms. The van der Waals surface area contributed by atoms with Gasteiger partial charge >= 0.3 is 0 Å². The van der Waals surface area contributed by atoms with Crippen LogP contribution in [0.2, 0.25) is 0 Å². The van der Waals surface area contributed by atoms with Gasteiger partial charge in [0.1, 0.15) is 0 Å². The number of hydrogen-bond acceptors (Lipinski definition) is 5. The molecular formula is C13H22N4O3. The first-order valence-corrected chi connectivity index (χ1v) is 6.88. The summed E-state index contributed by atoms with van der Waals surface area (Å²) in [5, 5.41) is 9.02. The van der Waals surface area contributed by atoms with Crippen molar-refractivity contribution in [2.75, 3.05) is 13.1 Å². The molecule has 0 aromatic carbocycles. The lowest BCUT2D eigenvalue weighted by Gasteiger charge is -2.04. The quantitative estimate of drug-likeness (QED) is 0.734. The summed E-state index contributed by atoms with van der Waals surface area (Å²) in [5.41, 5.74) is 0. The number of carbonyl (C=O) groups is 2. The first kappa shape index (κ1) is 16.1. The van der Waals surface area contributed by atoms with E-state index in [4.69, 9.17) is 4.52 Å². The lowest BCUT2D eigenvalue weighted by Crippen LogP contribution is -2.36. The summed E-state index contributed by atoms with van der Waals surface area (Å²) in [6.45, 7) is 6.39. The Labute approximate surface area is 118 Å². The number of nitrogens with one attached hydrogen (secondary N) is 2. The second-order valence-corrected chi connectivity index (χ2v) is 4.78. The zero-order valence-electron chi connectivity index (χ0n) is 12.2. The molecule has 2 N–H and O–H groups in total. The van der Waals surface area contributed by atoms with E-state index >= 15 is 0 Å². The molecule has 1 aromatic rings. The highest BCUT2D eigenvalue weighted by molar-refractivity contribution is 5.84. The van der Waals surface area contributed by atoms with E-state index in [1.165, 1.54) is 0 Å². The summed E-state index contributed by atoms with van der Waals surface area (Å²) in [6.07, 6.45) is 1.51. The van der Waals surface area contributed by atoms with Gasteiger partial charge in [-0.05, 0) is 13.3 Å². The summed E-state index contributed by atoms with van der Waals surface area (Å²) in [5.74, 6) is 1.12. The molecule has 0 fully saturated rings. The largest absolute Gasteiger partial charge is 0.355 e. The van der Waals surface area contributed by atoms with E-state index < -0.39 is 0 Å². The fourth-order valence-corrected chi connectivity index (χ4v) is 1.53. The van der Waals surface area contributed by atoms with Gasteiger partial charge in [-0.2, -0.15) is 4.98 Å². The van der Waals surface area contributed by atoms with Crippen LogP contribution in [-0.4, -0.2) is 35.0 Å². The van der Waals surface area contributed by atoms with E-state index in [9.17, 15) is 9.59 Å². The first-order chi connectivity index (χ1) is 9.52. The van der Waals surface area contributed by atoms with Gasteiger partial charge in [0, 0.05) is 25.3 Å². The van der Waals surface area contributed by atoms with Crippen LogP contribution >= 0.6 is 0 Å². The average molecular weight is 282 g/mol. The second kappa shape index (κ2) is 8.29. The molecule has 0 saturated heterocycles. The summed E-state index contributed by atoms with van der Waals surface area (Å²) in [4.78, 5) is 26.9. The molecule has 1 aromatic heterocycles. The van der Waals surface area contributed by atoms with Crippen molar-refractivity contribution in [3.05, 3.63) is 11.7 Å². The standard InChI is InChI=1S/C13H22N4O3/c1-4-14-11(19)8-15-10(18)6-5-7-12-16-13(9(2)3)17-20-12/h9H,4-8H2,1-3H3,(H,14,19)(H,15,18). The molecule has 0 aliphatic carbocycles. The minimum atomic E-state index is -0.181. The van der Waals surface area contributed by atoms with Crippen LogP contribution in [0.5, 0.6) is 0 Å². The molecule has 7 heteroatoms. The van der Waals surface area contributed by atoms with Crippen molar-refractivity contribution < 1.29 is 14.1 Å². The maximum atomic E-state index is 11.5. The Bertz CT molecular complexity index is 443. The van der Waals surface area contributed by atoms with Crippen LogP contribution in [0.4, 0.5) is 0 Å². The van der Waals surface area contributed by atoms with Gasteiger partial charge in [0.05, 0.1) is 6.54 Å². The third kappa shape index (κ3) is 5.81. The van der Waals surface area contributed by atoms with Gasteiger partial charge in [0.2, 0.25) is 17.7 Å². The highest BCUT2D eigenvalue weighted by atomic mass is 16.5. The fraction of sp³-hybridized carbons (Fsp3) is 0.692. The lowest BCUT2D eigenvalue weighted by molar-refractivity contribution is -0.126. The number of likely N-dealkylation sites (N-methyl/N-ethyl adjacent to an activating group) is 1. The van der Waals surface area contributed by atoms with Crippen molar-refractivity contribution in [1.29, 1.82) is 0 Å². The number of aryl methyl sites for hydroxylation is 1. The van der Waals surface area contributed by atoms with Crippen LogP contribution in [0.1, 0.15) is 51.2 Å². The Hall–Kier alpha value is -1.92. The Balaban J connectivity index is 2.19. The average Bonchev–Trinajstić information content (AvgIpc) is 2.86.